The van der Waals surface area contributed by atoms with Gasteiger partial charge in [-0.25, -0.2) is 0 Å². The lowest BCUT2D eigenvalue weighted by Crippen LogP contribution is -2.17. The molecule has 0 fully saturated rings. The van der Waals surface area contributed by atoms with Gasteiger partial charge in [-0.1, -0.05) is 26.2 Å². The van der Waals surface area contributed by atoms with E-state index in [2.05, 4.69) is 33.9 Å². The molecule has 1 heterocycles. The van der Waals surface area contributed by atoms with Gasteiger partial charge in [0.05, 0.1) is 6.54 Å². The first-order valence-electron chi connectivity index (χ1n) is 5.95. The summed E-state index contributed by atoms with van der Waals surface area (Å²) in [4.78, 5) is 0. The fraction of sp³-hybridized carbons (Fsp3) is 0.818. The monoisotopic (exact) mass is 210 g/mol. The van der Waals surface area contributed by atoms with Crippen molar-refractivity contribution < 1.29 is 0 Å². The lowest BCUT2D eigenvalue weighted by Gasteiger charge is -2.05. The number of hydrogen-bond donors (Lipinski definition) is 1. The quantitative estimate of drug-likeness (QED) is 0.667. The van der Waals surface area contributed by atoms with Crippen LogP contribution < -0.4 is 5.32 Å². The summed E-state index contributed by atoms with van der Waals surface area (Å²) in [5, 5.41) is 11.4. The smallest absolute Gasteiger partial charge is 0.146 e. The van der Waals surface area contributed by atoms with Gasteiger partial charge in [0.2, 0.25) is 0 Å². The summed E-state index contributed by atoms with van der Waals surface area (Å²) < 4.78 is 2.07. The number of hydrogen-bond acceptors (Lipinski definition) is 3. The summed E-state index contributed by atoms with van der Waals surface area (Å²) in [6.45, 7) is 7.20. The normalized spacial score (nSPS) is 10.8. The van der Waals surface area contributed by atoms with E-state index in [9.17, 15) is 0 Å². The second-order valence-corrected chi connectivity index (χ2v) is 3.77. The van der Waals surface area contributed by atoms with Crippen LogP contribution in [0.1, 0.15) is 45.4 Å². The Balaban J connectivity index is 2.09. The van der Waals surface area contributed by atoms with Crippen LogP contribution in [-0.2, 0) is 13.1 Å². The number of nitrogens with zero attached hydrogens (tertiary/aromatic N) is 3. The molecule has 0 unspecified atom stereocenters. The molecule has 0 radical (unpaired) electrons. The molecule has 0 amide bonds. The van der Waals surface area contributed by atoms with Gasteiger partial charge in [-0.2, -0.15) is 0 Å². The molecule has 4 nitrogen and oxygen atoms in total. The number of unbranched alkanes of at least 4 members (excludes halogenated alkanes) is 3. The van der Waals surface area contributed by atoms with Crippen molar-refractivity contribution in [2.45, 2.75) is 52.6 Å². The maximum atomic E-state index is 4.07. The molecule has 1 aromatic rings. The average molecular weight is 210 g/mol. The predicted molar refractivity (Wildman–Crippen MR) is 61.5 cm³/mol. The van der Waals surface area contributed by atoms with Crippen molar-refractivity contribution in [2.24, 2.45) is 0 Å². The van der Waals surface area contributed by atoms with Gasteiger partial charge in [0, 0.05) is 6.54 Å². The lowest BCUT2D eigenvalue weighted by molar-refractivity contribution is 0.570. The molecule has 0 aromatic carbocycles. The molecule has 1 N–H and O–H groups in total. The van der Waals surface area contributed by atoms with Gasteiger partial charge in [0.1, 0.15) is 12.2 Å². The molecule has 86 valence electrons. The highest BCUT2D eigenvalue weighted by molar-refractivity contribution is 4.84. The molecule has 0 bridgehead atoms. The Hall–Kier alpha value is -0.900. The van der Waals surface area contributed by atoms with Crippen molar-refractivity contribution in [3.05, 3.63) is 12.2 Å². The van der Waals surface area contributed by atoms with Crippen LogP contribution in [0.4, 0.5) is 0 Å². The Morgan fingerprint density at radius 2 is 2.13 bits per heavy atom. The summed E-state index contributed by atoms with van der Waals surface area (Å²) in [6, 6.07) is 0. The summed E-state index contributed by atoms with van der Waals surface area (Å²) in [7, 11) is 0. The van der Waals surface area contributed by atoms with E-state index in [1.54, 1.807) is 6.33 Å². The zero-order valence-electron chi connectivity index (χ0n) is 9.87. The summed E-state index contributed by atoms with van der Waals surface area (Å²) >= 11 is 0. The van der Waals surface area contributed by atoms with Crippen molar-refractivity contribution >= 4 is 0 Å². The highest BCUT2D eigenvalue weighted by atomic mass is 15.3. The molecule has 1 rings (SSSR count). The first kappa shape index (κ1) is 12.2. The third kappa shape index (κ3) is 4.42. The standard InChI is InChI=1S/C11H22N4/c1-3-5-6-7-8-12-9-11-14-13-10-15(11)4-2/h10,12H,3-9H2,1-2H3. The molecule has 0 aliphatic carbocycles. The molecule has 0 atom stereocenters. The van der Waals surface area contributed by atoms with Gasteiger partial charge in [0.25, 0.3) is 0 Å². The SMILES string of the molecule is CCCCCCNCc1nncn1CC. The van der Waals surface area contributed by atoms with Crippen molar-refractivity contribution in [3.63, 3.8) is 0 Å². The van der Waals surface area contributed by atoms with Gasteiger partial charge >= 0.3 is 0 Å². The maximum Gasteiger partial charge on any atom is 0.146 e. The average Bonchev–Trinajstić information content (AvgIpc) is 2.70. The Labute approximate surface area is 92.1 Å². The maximum absolute atomic E-state index is 4.07. The first-order chi connectivity index (χ1) is 7.38. The Morgan fingerprint density at radius 1 is 1.27 bits per heavy atom. The van der Waals surface area contributed by atoms with Crippen LogP contribution in [0.5, 0.6) is 0 Å². The Morgan fingerprint density at radius 3 is 2.87 bits per heavy atom. The van der Waals surface area contributed by atoms with E-state index >= 15 is 0 Å². The largest absolute Gasteiger partial charge is 0.317 e. The topological polar surface area (TPSA) is 42.7 Å². The van der Waals surface area contributed by atoms with Gasteiger partial charge in [-0.05, 0) is 19.9 Å². The van der Waals surface area contributed by atoms with Crippen molar-refractivity contribution in [1.29, 1.82) is 0 Å². The number of rotatable bonds is 8. The number of aryl methyl sites for hydroxylation is 1. The lowest BCUT2D eigenvalue weighted by atomic mass is 10.2. The van der Waals surface area contributed by atoms with Crippen LogP contribution in [0.2, 0.25) is 0 Å². The van der Waals surface area contributed by atoms with E-state index in [-0.39, 0.29) is 0 Å². The summed E-state index contributed by atoms with van der Waals surface area (Å²) in [6.07, 6.45) is 7.00. The highest BCUT2D eigenvalue weighted by Crippen LogP contribution is 1.98. The molecule has 0 saturated carbocycles. The highest BCUT2D eigenvalue weighted by Gasteiger charge is 2.00. The van der Waals surface area contributed by atoms with Gasteiger partial charge in [-0.15, -0.1) is 10.2 Å². The van der Waals surface area contributed by atoms with Crippen molar-refractivity contribution in [2.75, 3.05) is 6.54 Å². The van der Waals surface area contributed by atoms with Gasteiger partial charge < -0.3 is 9.88 Å². The van der Waals surface area contributed by atoms with Crippen LogP contribution in [0.15, 0.2) is 6.33 Å². The van der Waals surface area contributed by atoms with E-state index in [1.807, 2.05) is 0 Å². The van der Waals surface area contributed by atoms with Crippen LogP contribution in [-0.4, -0.2) is 21.3 Å². The predicted octanol–water partition coefficient (Wildman–Crippen LogP) is 1.97. The zero-order chi connectivity index (χ0) is 10.9. The van der Waals surface area contributed by atoms with Crippen LogP contribution in [0.3, 0.4) is 0 Å². The molecular weight excluding hydrogens is 188 g/mol. The van der Waals surface area contributed by atoms with Crippen molar-refractivity contribution in [3.8, 4) is 0 Å². The fourth-order valence-electron chi connectivity index (χ4n) is 1.56. The zero-order valence-corrected chi connectivity index (χ0v) is 9.87. The molecule has 0 aliphatic heterocycles. The van der Waals surface area contributed by atoms with Gasteiger partial charge in [-0.3, -0.25) is 0 Å². The van der Waals surface area contributed by atoms with Crippen LogP contribution in [0, 0.1) is 0 Å². The third-order valence-corrected chi connectivity index (χ3v) is 2.53. The second-order valence-electron chi connectivity index (χ2n) is 3.77. The molecular formula is C11H22N4. The molecule has 4 heteroatoms. The van der Waals surface area contributed by atoms with Crippen LogP contribution in [0.25, 0.3) is 0 Å². The van der Waals surface area contributed by atoms with E-state index in [0.717, 1.165) is 25.5 Å². The summed E-state index contributed by atoms with van der Waals surface area (Å²) in [5.74, 6) is 1.04. The third-order valence-electron chi connectivity index (χ3n) is 2.53. The summed E-state index contributed by atoms with van der Waals surface area (Å²) in [5.41, 5.74) is 0. The van der Waals surface area contributed by atoms with E-state index in [0.29, 0.717) is 0 Å². The van der Waals surface area contributed by atoms with E-state index in [1.165, 1.54) is 25.7 Å². The molecule has 1 aromatic heterocycles. The Kier molecular flexibility index (Phi) is 6.00. The molecule has 0 saturated heterocycles. The van der Waals surface area contributed by atoms with E-state index < -0.39 is 0 Å². The fourth-order valence-corrected chi connectivity index (χ4v) is 1.56. The Bertz CT molecular complexity index is 257. The minimum absolute atomic E-state index is 0.833. The minimum Gasteiger partial charge on any atom is -0.317 e. The second kappa shape index (κ2) is 7.40. The molecule has 15 heavy (non-hydrogen) atoms. The number of aromatic nitrogens is 3. The van der Waals surface area contributed by atoms with Gasteiger partial charge in [0.15, 0.2) is 0 Å². The van der Waals surface area contributed by atoms with E-state index in [4.69, 9.17) is 0 Å². The molecule has 0 spiro atoms. The first-order valence-corrected chi connectivity index (χ1v) is 5.95. The van der Waals surface area contributed by atoms with Crippen LogP contribution >= 0.6 is 0 Å². The van der Waals surface area contributed by atoms with Crippen molar-refractivity contribution in [1.82, 2.24) is 20.1 Å². The molecule has 0 aliphatic rings. The number of nitrogens with one attached hydrogen (secondary N) is 1. The minimum atomic E-state index is 0.833.